The van der Waals surface area contributed by atoms with Crippen LogP contribution in [0, 0.1) is 16.7 Å². The minimum absolute atomic E-state index is 0.348. The molecule has 90 valence electrons. The smallest absolute Gasteiger partial charge is 0.107 e. The van der Waals surface area contributed by atoms with E-state index in [2.05, 4.69) is 6.07 Å². The number of nitriles is 1. The number of hydrogen-bond donors (Lipinski definition) is 1. The molecule has 16 heavy (non-hydrogen) atoms. The average Bonchev–Trinajstić information content (AvgIpc) is 2.56. The predicted octanol–water partition coefficient (Wildman–Crippen LogP) is 2.39. The highest BCUT2D eigenvalue weighted by molar-refractivity contribution is 5.12. The summed E-state index contributed by atoms with van der Waals surface area (Å²) in [7, 11) is 0. The van der Waals surface area contributed by atoms with Gasteiger partial charge in [-0.25, -0.2) is 0 Å². The standard InChI is InChI=1S/C13H21NO2/c14-10-12(6-3-1-2-4-7-12)13(15)8-5-9-16-11-13/h15H,1-9,11H2. The van der Waals surface area contributed by atoms with E-state index in [9.17, 15) is 10.4 Å². The molecule has 0 amide bonds. The van der Waals surface area contributed by atoms with Crippen LogP contribution in [0.1, 0.15) is 51.4 Å². The Morgan fingerprint density at radius 1 is 1.00 bits per heavy atom. The fourth-order valence-corrected chi connectivity index (χ4v) is 3.17. The molecule has 3 nitrogen and oxygen atoms in total. The molecule has 3 heteroatoms. The summed E-state index contributed by atoms with van der Waals surface area (Å²) in [6, 6.07) is 2.44. The van der Waals surface area contributed by atoms with Gasteiger partial charge in [0.1, 0.15) is 5.60 Å². The minimum atomic E-state index is -0.898. The zero-order valence-electron chi connectivity index (χ0n) is 9.87. The monoisotopic (exact) mass is 223 g/mol. The van der Waals surface area contributed by atoms with Crippen molar-refractivity contribution in [3.8, 4) is 6.07 Å². The second kappa shape index (κ2) is 4.73. The molecule has 2 aliphatic rings. The highest BCUT2D eigenvalue weighted by Gasteiger charge is 2.51. The molecule has 0 radical (unpaired) electrons. The van der Waals surface area contributed by atoms with E-state index < -0.39 is 11.0 Å². The molecule has 2 rings (SSSR count). The van der Waals surface area contributed by atoms with Crippen LogP contribution in [0.5, 0.6) is 0 Å². The summed E-state index contributed by atoms with van der Waals surface area (Å²) in [5.74, 6) is 0. The van der Waals surface area contributed by atoms with Crippen LogP contribution < -0.4 is 0 Å². The summed E-state index contributed by atoms with van der Waals surface area (Å²) >= 11 is 0. The molecule has 1 N–H and O–H groups in total. The van der Waals surface area contributed by atoms with Crippen molar-refractivity contribution in [3.63, 3.8) is 0 Å². The topological polar surface area (TPSA) is 53.2 Å². The second-order valence-electron chi connectivity index (χ2n) is 5.30. The van der Waals surface area contributed by atoms with E-state index in [1.165, 1.54) is 12.8 Å². The Balaban J connectivity index is 2.21. The van der Waals surface area contributed by atoms with E-state index in [1.807, 2.05) is 0 Å². The summed E-state index contributed by atoms with van der Waals surface area (Å²) < 4.78 is 5.40. The van der Waals surface area contributed by atoms with Crippen molar-refractivity contribution in [1.82, 2.24) is 0 Å². The maximum atomic E-state index is 10.7. The Morgan fingerprint density at radius 3 is 2.19 bits per heavy atom. The molecule has 1 saturated heterocycles. The number of aliphatic hydroxyl groups is 1. The van der Waals surface area contributed by atoms with Crippen LogP contribution >= 0.6 is 0 Å². The first-order valence-corrected chi connectivity index (χ1v) is 6.44. The second-order valence-corrected chi connectivity index (χ2v) is 5.30. The van der Waals surface area contributed by atoms with Gasteiger partial charge in [-0.3, -0.25) is 0 Å². The summed E-state index contributed by atoms with van der Waals surface area (Å²) in [4.78, 5) is 0. The van der Waals surface area contributed by atoms with E-state index >= 15 is 0 Å². The first-order valence-electron chi connectivity index (χ1n) is 6.44. The van der Waals surface area contributed by atoms with Crippen molar-refractivity contribution in [1.29, 1.82) is 5.26 Å². The van der Waals surface area contributed by atoms with Crippen molar-refractivity contribution in [2.75, 3.05) is 13.2 Å². The molecule has 2 fully saturated rings. The van der Waals surface area contributed by atoms with Crippen LogP contribution in [-0.2, 0) is 4.74 Å². The van der Waals surface area contributed by atoms with Gasteiger partial charge in [-0.1, -0.05) is 25.7 Å². The van der Waals surface area contributed by atoms with Crippen molar-refractivity contribution in [2.45, 2.75) is 57.0 Å². The number of nitrogens with zero attached hydrogens (tertiary/aromatic N) is 1. The SMILES string of the molecule is N#CC1(C2(O)CCCOC2)CCCCCC1. The van der Waals surface area contributed by atoms with Crippen molar-refractivity contribution in [2.24, 2.45) is 5.41 Å². The van der Waals surface area contributed by atoms with E-state index in [0.717, 1.165) is 45.1 Å². The summed E-state index contributed by atoms with van der Waals surface area (Å²) in [5.41, 5.74) is -1.45. The van der Waals surface area contributed by atoms with Crippen molar-refractivity contribution < 1.29 is 9.84 Å². The Kier molecular flexibility index (Phi) is 3.51. The van der Waals surface area contributed by atoms with Gasteiger partial charge in [-0.2, -0.15) is 5.26 Å². The third-order valence-electron chi connectivity index (χ3n) is 4.28. The fraction of sp³-hybridized carbons (Fsp3) is 0.923. The van der Waals surface area contributed by atoms with Gasteiger partial charge >= 0.3 is 0 Å². The van der Waals surface area contributed by atoms with Crippen LogP contribution in [0.25, 0.3) is 0 Å². The first kappa shape index (κ1) is 11.9. The minimum Gasteiger partial charge on any atom is -0.386 e. The molecule has 1 atom stereocenters. The summed E-state index contributed by atoms with van der Waals surface area (Å²) in [5, 5.41) is 20.2. The van der Waals surface area contributed by atoms with Crippen LogP contribution in [0.15, 0.2) is 0 Å². The molecule has 0 aromatic heterocycles. The Morgan fingerprint density at radius 2 is 1.69 bits per heavy atom. The van der Waals surface area contributed by atoms with Gasteiger partial charge in [0.15, 0.2) is 0 Å². The molecule has 0 bridgehead atoms. The highest BCUT2D eigenvalue weighted by atomic mass is 16.5. The molecule has 1 unspecified atom stereocenters. The molecule has 0 aromatic rings. The fourth-order valence-electron chi connectivity index (χ4n) is 3.17. The quantitative estimate of drug-likeness (QED) is 0.694. The van der Waals surface area contributed by atoms with E-state index in [-0.39, 0.29) is 0 Å². The Labute approximate surface area is 97.4 Å². The molecule has 1 aliphatic carbocycles. The highest BCUT2D eigenvalue weighted by Crippen LogP contribution is 2.46. The van der Waals surface area contributed by atoms with Gasteiger partial charge in [-0.05, 0) is 25.7 Å². The largest absolute Gasteiger partial charge is 0.386 e. The lowest BCUT2D eigenvalue weighted by Crippen LogP contribution is -2.53. The molecule has 1 saturated carbocycles. The van der Waals surface area contributed by atoms with E-state index in [4.69, 9.17) is 4.74 Å². The number of rotatable bonds is 1. The third kappa shape index (κ3) is 1.97. The van der Waals surface area contributed by atoms with Crippen molar-refractivity contribution >= 4 is 0 Å². The molecular weight excluding hydrogens is 202 g/mol. The number of ether oxygens (including phenoxy) is 1. The predicted molar refractivity (Wildman–Crippen MR) is 60.8 cm³/mol. The maximum absolute atomic E-state index is 10.7. The summed E-state index contributed by atoms with van der Waals surface area (Å²) in [6.07, 6.45) is 7.79. The van der Waals surface area contributed by atoms with Gasteiger partial charge in [-0.15, -0.1) is 0 Å². The Hall–Kier alpha value is -0.590. The Bertz CT molecular complexity index is 268. The van der Waals surface area contributed by atoms with Crippen LogP contribution in [0.2, 0.25) is 0 Å². The molecular formula is C13H21NO2. The van der Waals surface area contributed by atoms with Gasteiger partial charge in [0.05, 0.1) is 18.1 Å². The lowest BCUT2D eigenvalue weighted by Gasteiger charge is -2.44. The molecule has 0 aromatic carbocycles. The summed E-state index contributed by atoms with van der Waals surface area (Å²) in [6.45, 7) is 1.07. The zero-order valence-corrected chi connectivity index (χ0v) is 9.87. The van der Waals surface area contributed by atoms with Crippen molar-refractivity contribution in [3.05, 3.63) is 0 Å². The van der Waals surface area contributed by atoms with Crippen LogP contribution in [0.4, 0.5) is 0 Å². The lowest BCUT2D eigenvalue weighted by molar-refractivity contribution is -0.147. The van der Waals surface area contributed by atoms with Gasteiger partial charge < -0.3 is 9.84 Å². The zero-order chi connectivity index (χ0) is 11.5. The average molecular weight is 223 g/mol. The maximum Gasteiger partial charge on any atom is 0.107 e. The van der Waals surface area contributed by atoms with Gasteiger partial charge in [0.25, 0.3) is 0 Å². The third-order valence-corrected chi connectivity index (χ3v) is 4.28. The first-order chi connectivity index (χ1) is 7.72. The van der Waals surface area contributed by atoms with Crippen LogP contribution in [0.3, 0.4) is 0 Å². The lowest BCUT2D eigenvalue weighted by atomic mass is 9.66. The van der Waals surface area contributed by atoms with E-state index in [0.29, 0.717) is 6.61 Å². The molecule has 0 spiro atoms. The van der Waals surface area contributed by atoms with Gasteiger partial charge in [0.2, 0.25) is 0 Å². The van der Waals surface area contributed by atoms with Gasteiger partial charge in [0, 0.05) is 6.61 Å². The molecule has 1 aliphatic heterocycles. The van der Waals surface area contributed by atoms with Crippen LogP contribution in [-0.4, -0.2) is 23.9 Å². The number of hydrogen-bond acceptors (Lipinski definition) is 3. The normalized spacial score (nSPS) is 35.0. The van der Waals surface area contributed by atoms with E-state index in [1.54, 1.807) is 0 Å². The molecule has 1 heterocycles.